The maximum Gasteiger partial charge on any atom is 0.318 e. The summed E-state index contributed by atoms with van der Waals surface area (Å²) in [5, 5.41) is 11.2. The lowest BCUT2D eigenvalue weighted by atomic mass is 10.0. The van der Waals surface area contributed by atoms with Crippen LogP contribution in [-0.2, 0) is 27.2 Å². The van der Waals surface area contributed by atoms with Gasteiger partial charge in [0.15, 0.2) is 0 Å². The molecule has 3 aromatic rings. The number of carbonyl (C=O) groups is 1. The molecule has 0 N–H and O–H groups in total. The molecule has 4 heterocycles. The molecule has 0 radical (unpaired) electrons. The van der Waals surface area contributed by atoms with E-state index < -0.39 is 0 Å². The summed E-state index contributed by atoms with van der Waals surface area (Å²) >= 11 is 0. The molecule has 252 valence electrons. The smallest absolute Gasteiger partial charge is 0.318 e. The standard InChI is InChI=1S/C36H42FN7O4/c37-30-6-1-4-26-5-2-7-32(34(26)30)42-15-12-29-31(25-42)39-36(48-23-22-47-28-9-10-28)40-35(29)43-16-17-44(27(24-43)11-13-38)33(45)8-3-14-41-18-20-46-21-19-41/h1-8,27-28H,9-12,14-25H2/b8-3+/t27-/m0/s1. The minimum absolute atomic E-state index is 0.0782. The summed E-state index contributed by atoms with van der Waals surface area (Å²) in [5.41, 5.74) is 2.69. The van der Waals surface area contributed by atoms with Crippen LogP contribution >= 0.6 is 0 Å². The Morgan fingerprint density at radius 3 is 2.69 bits per heavy atom. The zero-order valence-corrected chi connectivity index (χ0v) is 27.2. The first-order valence-electron chi connectivity index (χ1n) is 17.0. The number of ether oxygens (including phenoxy) is 3. The van der Waals surface area contributed by atoms with Crippen LogP contribution in [0.15, 0.2) is 48.6 Å². The average molecular weight is 656 g/mol. The maximum atomic E-state index is 15.1. The number of morpholine rings is 1. The summed E-state index contributed by atoms with van der Waals surface area (Å²) in [5.74, 6) is 0.453. The molecule has 1 aromatic heterocycles. The third-order valence-electron chi connectivity index (χ3n) is 9.51. The molecule has 0 spiro atoms. The minimum Gasteiger partial charge on any atom is -0.461 e. The largest absolute Gasteiger partial charge is 0.461 e. The van der Waals surface area contributed by atoms with E-state index in [4.69, 9.17) is 24.2 Å². The minimum atomic E-state index is -0.287. The highest BCUT2D eigenvalue weighted by Crippen LogP contribution is 2.36. The van der Waals surface area contributed by atoms with Crippen molar-refractivity contribution in [3.8, 4) is 12.1 Å². The Morgan fingerprint density at radius 2 is 1.88 bits per heavy atom. The lowest BCUT2D eigenvalue weighted by Gasteiger charge is -2.42. The Kier molecular flexibility index (Phi) is 9.98. The molecule has 4 aliphatic rings. The van der Waals surface area contributed by atoms with Crippen LogP contribution in [0.1, 0.15) is 30.5 Å². The predicted molar refractivity (Wildman–Crippen MR) is 180 cm³/mol. The highest BCUT2D eigenvalue weighted by atomic mass is 19.1. The highest BCUT2D eigenvalue weighted by Gasteiger charge is 2.34. The molecule has 48 heavy (non-hydrogen) atoms. The fourth-order valence-corrected chi connectivity index (χ4v) is 6.84. The summed E-state index contributed by atoms with van der Waals surface area (Å²) in [6, 6.07) is 13.3. The Labute approximate surface area is 280 Å². The van der Waals surface area contributed by atoms with Gasteiger partial charge in [-0.15, -0.1) is 0 Å². The zero-order chi connectivity index (χ0) is 32.9. The van der Waals surface area contributed by atoms with Crippen LogP contribution in [0, 0.1) is 17.1 Å². The van der Waals surface area contributed by atoms with E-state index in [1.807, 2.05) is 35.2 Å². The number of piperazine rings is 1. The number of anilines is 2. The second kappa shape index (κ2) is 14.8. The molecule has 1 aliphatic carbocycles. The molecule has 11 nitrogen and oxygen atoms in total. The van der Waals surface area contributed by atoms with Crippen molar-refractivity contribution in [1.82, 2.24) is 19.8 Å². The predicted octanol–water partition coefficient (Wildman–Crippen LogP) is 3.71. The number of rotatable bonds is 11. The molecule has 3 fully saturated rings. The van der Waals surface area contributed by atoms with Crippen LogP contribution in [0.2, 0.25) is 0 Å². The lowest BCUT2D eigenvalue weighted by molar-refractivity contribution is -0.128. The first kappa shape index (κ1) is 32.2. The number of hydrogen-bond acceptors (Lipinski definition) is 10. The van der Waals surface area contributed by atoms with E-state index in [0.717, 1.165) is 54.1 Å². The van der Waals surface area contributed by atoms with E-state index in [2.05, 4.69) is 20.8 Å². The number of fused-ring (bicyclic) bond motifs is 2. The van der Waals surface area contributed by atoms with Gasteiger partial charge in [-0.05, 0) is 36.8 Å². The fraction of sp³-hybridized carbons (Fsp3) is 0.500. The van der Waals surface area contributed by atoms with Gasteiger partial charge in [-0.25, -0.2) is 4.39 Å². The van der Waals surface area contributed by atoms with Crippen molar-refractivity contribution in [2.75, 3.05) is 82.0 Å². The van der Waals surface area contributed by atoms with Crippen molar-refractivity contribution in [1.29, 1.82) is 5.26 Å². The quantitative estimate of drug-likeness (QED) is 0.224. The molecule has 0 bridgehead atoms. The maximum absolute atomic E-state index is 15.1. The van der Waals surface area contributed by atoms with Gasteiger partial charge in [0.05, 0.1) is 56.7 Å². The summed E-state index contributed by atoms with van der Waals surface area (Å²) < 4.78 is 32.3. The number of benzene rings is 2. The monoisotopic (exact) mass is 655 g/mol. The van der Waals surface area contributed by atoms with Gasteiger partial charge in [-0.1, -0.05) is 30.3 Å². The van der Waals surface area contributed by atoms with Crippen LogP contribution in [0.4, 0.5) is 15.9 Å². The van der Waals surface area contributed by atoms with E-state index in [1.165, 1.54) is 6.07 Å². The summed E-state index contributed by atoms with van der Waals surface area (Å²) in [4.78, 5) is 31.5. The second-order valence-corrected chi connectivity index (χ2v) is 12.8. The summed E-state index contributed by atoms with van der Waals surface area (Å²) in [7, 11) is 0. The van der Waals surface area contributed by atoms with Gasteiger partial charge in [-0.2, -0.15) is 15.2 Å². The van der Waals surface area contributed by atoms with Crippen LogP contribution in [0.3, 0.4) is 0 Å². The average Bonchev–Trinajstić information content (AvgIpc) is 3.95. The molecular formula is C36H42FN7O4. The number of nitrogens with zero attached hydrogens (tertiary/aromatic N) is 7. The first-order chi connectivity index (χ1) is 23.6. The van der Waals surface area contributed by atoms with Crippen molar-refractivity contribution in [3.05, 3.63) is 65.6 Å². The van der Waals surface area contributed by atoms with Crippen LogP contribution < -0.4 is 14.5 Å². The Balaban J connectivity index is 1.11. The van der Waals surface area contributed by atoms with E-state index in [-0.39, 0.29) is 30.2 Å². The molecule has 2 saturated heterocycles. The van der Waals surface area contributed by atoms with Crippen LogP contribution in [0.5, 0.6) is 6.01 Å². The van der Waals surface area contributed by atoms with E-state index in [9.17, 15) is 10.1 Å². The molecule has 2 aromatic carbocycles. The van der Waals surface area contributed by atoms with Gasteiger partial charge in [0.1, 0.15) is 18.2 Å². The molecule has 1 saturated carbocycles. The van der Waals surface area contributed by atoms with Gasteiger partial charge in [0.2, 0.25) is 5.91 Å². The molecule has 0 unspecified atom stereocenters. The topological polar surface area (TPSA) is 107 Å². The molecule has 7 rings (SSSR count). The van der Waals surface area contributed by atoms with Gasteiger partial charge in [0.25, 0.3) is 0 Å². The van der Waals surface area contributed by atoms with Crippen molar-refractivity contribution in [2.24, 2.45) is 0 Å². The number of nitriles is 1. The molecule has 1 atom stereocenters. The van der Waals surface area contributed by atoms with E-state index >= 15 is 4.39 Å². The van der Waals surface area contributed by atoms with Crippen LogP contribution in [-0.4, -0.2) is 110 Å². The zero-order valence-electron chi connectivity index (χ0n) is 27.2. The normalized spacial score (nSPS) is 20.2. The Bertz CT molecular complexity index is 1680. The van der Waals surface area contributed by atoms with Crippen molar-refractivity contribution < 1.29 is 23.4 Å². The molecular weight excluding hydrogens is 613 g/mol. The number of halogens is 1. The van der Waals surface area contributed by atoms with Crippen molar-refractivity contribution in [2.45, 2.75) is 44.4 Å². The van der Waals surface area contributed by atoms with E-state index in [0.29, 0.717) is 83.6 Å². The Hall–Kier alpha value is -4.31. The SMILES string of the molecule is N#CC[C@H]1CN(c2nc(OCCOC3CC3)nc3c2CCN(c2cccc4cccc(F)c24)C3)CCN1C(=O)/C=C/CN1CCOCC1. The number of amides is 1. The van der Waals surface area contributed by atoms with Gasteiger partial charge < -0.3 is 28.9 Å². The van der Waals surface area contributed by atoms with Crippen LogP contribution in [0.25, 0.3) is 10.8 Å². The number of carbonyl (C=O) groups excluding carboxylic acids is 1. The van der Waals surface area contributed by atoms with Crippen molar-refractivity contribution in [3.63, 3.8) is 0 Å². The third-order valence-corrected chi connectivity index (χ3v) is 9.51. The number of hydrogen-bond donors (Lipinski definition) is 0. The highest BCUT2D eigenvalue weighted by molar-refractivity contribution is 5.95. The third kappa shape index (κ3) is 7.38. The van der Waals surface area contributed by atoms with Gasteiger partial charge in [0, 0.05) is 68.5 Å². The first-order valence-corrected chi connectivity index (χ1v) is 17.0. The molecule has 1 amide bonds. The van der Waals surface area contributed by atoms with E-state index in [1.54, 1.807) is 12.1 Å². The molecule has 12 heteroatoms. The second-order valence-electron chi connectivity index (χ2n) is 12.8. The van der Waals surface area contributed by atoms with Gasteiger partial charge >= 0.3 is 6.01 Å². The summed E-state index contributed by atoms with van der Waals surface area (Å²) in [6.07, 6.45) is 6.94. The van der Waals surface area contributed by atoms with Crippen molar-refractivity contribution >= 4 is 28.2 Å². The summed E-state index contributed by atoms with van der Waals surface area (Å²) in [6.45, 7) is 7.28. The molecule has 3 aliphatic heterocycles. The number of aromatic nitrogens is 2. The fourth-order valence-electron chi connectivity index (χ4n) is 6.84. The Morgan fingerprint density at radius 1 is 1.04 bits per heavy atom. The van der Waals surface area contributed by atoms with Gasteiger partial charge in [-0.3, -0.25) is 9.69 Å². The lowest BCUT2D eigenvalue weighted by Crippen LogP contribution is -2.55.